The predicted octanol–water partition coefficient (Wildman–Crippen LogP) is 0.0967. The Hall–Kier alpha value is -0.610. The normalized spacial score (nSPS) is 26.8. The maximum absolute atomic E-state index is 11.2. The summed E-state index contributed by atoms with van der Waals surface area (Å²) in [5.74, 6) is 5.70. The second-order valence-corrected chi connectivity index (χ2v) is 3.93. The van der Waals surface area contributed by atoms with E-state index in [0.717, 1.165) is 13.1 Å². The van der Waals surface area contributed by atoms with E-state index in [-0.39, 0.29) is 11.9 Å². The summed E-state index contributed by atoms with van der Waals surface area (Å²) in [5, 5.41) is 0. The van der Waals surface area contributed by atoms with E-state index in [1.165, 1.54) is 12.8 Å². The third-order valence-electron chi connectivity index (χ3n) is 2.76. The van der Waals surface area contributed by atoms with Crippen LogP contribution in [0, 0.1) is 5.92 Å². The second kappa shape index (κ2) is 4.58. The zero-order chi connectivity index (χ0) is 9.84. The largest absolute Gasteiger partial charge is 0.293 e. The molecule has 0 bridgehead atoms. The summed E-state index contributed by atoms with van der Waals surface area (Å²) in [7, 11) is 0. The van der Waals surface area contributed by atoms with Gasteiger partial charge in [-0.25, -0.2) is 5.84 Å². The molecule has 2 atom stereocenters. The average Bonchev–Trinajstić information content (AvgIpc) is 2.15. The zero-order valence-electron chi connectivity index (χ0n) is 8.42. The molecule has 0 aromatic heterocycles. The first-order valence-corrected chi connectivity index (χ1v) is 4.89. The standard InChI is InChI=1S/C9H19N3O/c1-7-4-3-5-12(6-7)8(2)9(13)11-10/h7-8H,3-6,10H2,1-2H3,(H,11,13)/t7-,8+/m1/s1. The summed E-state index contributed by atoms with van der Waals surface area (Å²) in [5.41, 5.74) is 2.20. The van der Waals surface area contributed by atoms with Crippen molar-refractivity contribution in [1.82, 2.24) is 10.3 Å². The summed E-state index contributed by atoms with van der Waals surface area (Å²) in [6.07, 6.45) is 2.46. The van der Waals surface area contributed by atoms with E-state index in [4.69, 9.17) is 5.84 Å². The van der Waals surface area contributed by atoms with Crippen molar-refractivity contribution in [2.75, 3.05) is 13.1 Å². The fraction of sp³-hybridized carbons (Fsp3) is 0.889. The molecule has 0 saturated carbocycles. The van der Waals surface area contributed by atoms with Crippen molar-refractivity contribution in [2.24, 2.45) is 11.8 Å². The van der Waals surface area contributed by atoms with E-state index in [9.17, 15) is 4.79 Å². The van der Waals surface area contributed by atoms with Crippen LogP contribution in [0.5, 0.6) is 0 Å². The van der Waals surface area contributed by atoms with E-state index in [2.05, 4.69) is 17.2 Å². The number of nitrogens with zero attached hydrogens (tertiary/aromatic N) is 1. The van der Waals surface area contributed by atoms with Crippen molar-refractivity contribution < 1.29 is 4.79 Å². The van der Waals surface area contributed by atoms with E-state index in [0.29, 0.717) is 5.92 Å². The number of nitrogens with one attached hydrogen (secondary N) is 1. The van der Waals surface area contributed by atoms with Gasteiger partial charge in [0.2, 0.25) is 0 Å². The first-order valence-electron chi connectivity index (χ1n) is 4.89. The fourth-order valence-electron chi connectivity index (χ4n) is 1.86. The van der Waals surface area contributed by atoms with Gasteiger partial charge in [0.1, 0.15) is 0 Å². The van der Waals surface area contributed by atoms with Crippen LogP contribution in [0.4, 0.5) is 0 Å². The Kier molecular flexibility index (Phi) is 3.69. The van der Waals surface area contributed by atoms with Gasteiger partial charge < -0.3 is 0 Å². The fourth-order valence-corrected chi connectivity index (χ4v) is 1.86. The van der Waals surface area contributed by atoms with Crippen molar-refractivity contribution in [3.63, 3.8) is 0 Å². The molecule has 1 rings (SSSR count). The Morgan fingerprint density at radius 3 is 2.92 bits per heavy atom. The minimum atomic E-state index is -0.0900. The number of amides is 1. The average molecular weight is 185 g/mol. The minimum Gasteiger partial charge on any atom is -0.293 e. The summed E-state index contributed by atoms with van der Waals surface area (Å²) in [6.45, 7) is 6.15. The summed E-state index contributed by atoms with van der Waals surface area (Å²) in [4.78, 5) is 13.4. The van der Waals surface area contributed by atoms with E-state index in [1.54, 1.807) is 0 Å². The number of rotatable bonds is 2. The number of piperidine rings is 1. The smallest absolute Gasteiger partial charge is 0.250 e. The Morgan fingerprint density at radius 1 is 1.69 bits per heavy atom. The number of likely N-dealkylation sites (tertiary alicyclic amines) is 1. The zero-order valence-corrected chi connectivity index (χ0v) is 8.42. The van der Waals surface area contributed by atoms with Crippen molar-refractivity contribution in [3.8, 4) is 0 Å². The van der Waals surface area contributed by atoms with Gasteiger partial charge in [0.25, 0.3) is 5.91 Å². The van der Waals surface area contributed by atoms with Crippen LogP contribution in [0.3, 0.4) is 0 Å². The summed E-state index contributed by atoms with van der Waals surface area (Å²) < 4.78 is 0. The van der Waals surface area contributed by atoms with Crippen LogP contribution in [0.1, 0.15) is 26.7 Å². The lowest BCUT2D eigenvalue weighted by atomic mass is 9.99. The number of hydrazine groups is 1. The monoisotopic (exact) mass is 185 g/mol. The van der Waals surface area contributed by atoms with Crippen LogP contribution in [-0.2, 0) is 4.79 Å². The van der Waals surface area contributed by atoms with Crippen LogP contribution in [0.25, 0.3) is 0 Å². The third kappa shape index (κ3) is 2.67. The molecular formula is C9H19N3O. The molecule has 3 N–H and O–H groups in total. The van der Waals surface area contributed by atoms with Gasteiger partial charge in [-0.05, 0) is 32.2 Å². The second-order valence-electron chi connectivity index (χ2n) is 3.93. The van der Waals surface area contributed by atoms with E-state index >= 15 is 0 Å². The van der Waals surface area contributed by atoms with Gasteiger partial charge in [0.05, 0.1) is 6.04 Å². The molecule has 0 spiro atoms. The van der Waals surface area contributed by atoms with Gasteiger partial charge in [0.15, 0.2) is 0 Å². The van der Waals surface area contributed by atoms with Crippen LogP contribution in [0.15, 0.2) is 0 Å². The van der Waals surface area contributed by atoms with Gasteiger partial charge >= 0.3 is 0 Å². The molecule has 0 unspecified atom stereocenters. The first kappa shape index (κ1) is 10.5. The van der Waals surface area contributed by atoms with Crippen molar-refractivity contribution in [2.45, 2.75) is 32.7 Å². The molecule has 1 fully saturated rings. The van der Waals surface area contributed by atoms with E-state index < -0.39 is 0 Å². The van der Waals surface area contributed by atoms with Crippen molar-refractivity contribution >= 4 is 5.91 Å². The number of hydrogen-bond donors (Lipinski definition) is 2. The SMILES string of the molecule is C[C@@H]1CCCN([C@@H](C)C(=O)NN)C1. The molecule has 1 amide bonds. The van der Waals surface area contributed by atoms with Crippen molar-refractivity contribution in [1.29, 1.82) is 0 Å². The Balaban J connectivity index is 2.45. The molecule has 4 nitrogen and oxygen atoms in total. The van der Waals surface area contributed by atoms with Gasteiger partial charge in [-0.15, -0.1) is 0 Å². The third-order valence-corrected chi connectivity index (χ3v) is 2.76. The number of carbonyl (C=O) groups is 1. The molecule has 1 saturated heterocycles. The lowest BCUT2D eigenvalue weighted by Gasteiger charge is -2.34. The molecular weight excluding hydrogens is 166 g/mol. The van der Waals surface area contributed by atoms with Crippen LogP contribution in [0.2, 0.25) is 0 Å². The highest BCUT2D eigenvalue weighted by Gasteiger charge is 2.24. The van der Waals surface area contributed by atoms with Crippen LogP contribution < -0.4 is 11.3 Å². The summed E-state index contributed by atoms with van der Waals surface area (Å²) in [6, 6.07) is -0.0900. The Labute approximate surface area is 79.4 Å². The highest BCUT2D eigenvalue weighted by molar-refractivity contribution is 5.80. The molecule has 1 aliphatic heterocycles. The molecule has 0 radical (unpaired) electrons. The quantitative estimate of drug-likeness (QED) is 0.364. The highest BCUT2D eigenvalue weighted by Crippen LogP contribution is 2.17. The molecule has 76 valence electrons. The first-order chi connectivity index (χ1) is 6.15. The number of hydrogen-bond acceptors (Lipinski definition) is 3. The number of carbonyl (C=O) groups excluding carboxylic acids is 1. The molecule has 13 heavy (non-hydrogen) atoms. The minimum absolute atomic E-state index is 0.0888. The van der Waals surface area contributed by atoms with Crippen LogP contribution in [-0.4, -0.2) is 29.9 Å². The molecule has 0 aliphatic carbocycles. The molecule has 1 aliphatic rings. The Bertz CT molecular complexity index is 184. The van der Waals surface area contributed by atoms with Gasteiger partial charge in [-0.3, -0.25) is 15.1 Å². The molecule has 0 aromatic carbocycles. The maximum Gasteiger partial charge on any atom is 0.250 e. The van der Waals surface area contributed by atoms with Gasteiger partial charge in [-0.1, -0.05) is 6.92 Å². The van der Waals surface area contributed by atoms with E-state index in [1.807, 2.05) is 6.92 Å². The predicted molar refractivity (Wildman–Crippen MR) is 51.8 cm³/mol. The van der Waals surface area contributed by atoms with Crippen molar-refractivity contribution in [3.05, 3.63) is 0 Å². The number of nitrogens with two attached hydrogens (primary N) is 1. The molecule has 4 heteroatoms. The maximum atomic E-state index is 11.2. The topological polar surface area (TPSA) is 58.4 Å². The Morgan fingerprint density at radius 2 is 2.38 bits per heavy atom. The summed E-state index contributed by atoms with van der Waals surface area (Å²) >= 11 is 0. The highest BCUT2D eigenvalue weighted by atomic mass is 16.2. The van der Waals surface area contributed by atoms with Gasteiger partial charge in [0, 0.05) is 6.54 Å². The molecule has 1 heterocycles. The lowest BCUT2D eigenvalue weighted by Crippen LogP contribution is -2.50. The van der Waals surface area contributed by atoms with Gasteiger partial charge in [-0.2, -0.15) is 0 Å². The lowest BCUT2D eigenvalue weighted by molar-refractivity contribution is -0.126. The van der Waals surface area contributed by atoms with Crippen LogP contribution >= 0.6 is 0 Å². The molecule has 0 aromatic rings.